The number of carbonyl (C=O) groups excluding carboxylic acids is 2. The first-order valence-electron chi connectivity index (χ1n) is 10.8. The van der Waals surface area contributed by atoms with Crippen LogP contribution in [0.3, 0.4) is 0 Å². The molecule has 30 heavy (non-hydrogen) atoms. The Labute approximate surface area is 177 Å². The number of rotatable bonds is 4. The summed E-state index contributed by atoms with van der Waals surface area (Å²) in [4.78, 5) is 29.5. The fraction of sp³-hybridized carbons (Fsp3) is 0.360. The summed E-state index contributed by atoms with van der Waals surface area (Å²) in [6.45, 7) is 3.71. The number of carbonyl (C=O) groups is 2. The molecule has 0 radical (unpaired) electrons. The molecule has 1 fully saturated rings. The second kappa shape index (κ2) is 7.40. The van der Waals surface area contributed by atoms with Gasteiger partial charge in [-0.05, 0) is 60.4 Å². The Hall–Kier alpha value is -2.92. The van der Waals surface area contributed by atoms with Crippen LogP contribution in [0.5, 0.6) is 0 Å². The van der Waals surface area contributed by atoms with E-state index in [1.54, 1.807) is 0 Å². The molecule has 2 aliphatic heterocycles. The number of imide groups is 1. The van der Waals surface area contributed by atoms with Crippen LogP contribution in [0.2, 0.25) is 0 Å². The number of amides is 3. The molecule has 0 spiro atoms. The van der Waals surface area contributed by atoms with E-state index in [1.807, 2.05) is 19.1 Å². The zero-order valence-corrected chi connectivity index (χ0v) is 17.4. The number of nitrogens with zero attached hydrogens (tertiary/aromatic N) is 2. The second-order valence-electron chi connectivity index (χ2n) is 8.69. The highest BCUT2D eigenvalue weighted by Gasteiger charge is 2.49. The minimum absolute atomic E-state index is 0.164. The smallest absolute Gasteiger partial charge is 0.319 e. The van der Waals surface area contributed by atoms with E-state index in [0.717, 1.165) is 44.3 Å². The maximum Gasteiger partial charge on any atom is 0.326 e. The van der Waals surface area contributed by atoms with E-state index in [-0.39, 0.29) is 11.9 Å². The van der Waals surface area contributed by atoms with Crippen LogP contribution in [0.15, 0.2) is 54.6 Å². The molecule has 0 saturated carbocycles. The summed E-state index contributed by atoms with van der Waals surface area (Å²) in [5, 5.41) is 2.96. The number of hydrogen-bond acceptors (Lipinski definition) is 3. The van der Waals surface area contributed by atoms with Gasteiger partial charge < -0.3 is 5.32 Å². The average Bonchev–Trinajstić information content (AvgIpc) is 3.33. The van der Waals surface area contributed by atoms with Crippen LogP contribution < -0.4 is 5.32 Å². The molecule has 1 unspecified atom stereocenters. The molecule has 3 aliphatic rings. The normalized spacial score (nSPS) is 24.0. The Balaban J connectivity index is 1.30. The number of fused-ring (bicyclic) bond motifs is 1. The van der Waals surface area contributed by atoms with Crippen LogP contribution >= 0.6 is 0 Å². The molecule has 2 heterocycles. The fourth-order valence-electron chi connectivity index (χ4n) is 4.86. The maximum atomic E-state index is 13.3. The van der Waals surface area contributed by atoms with Crippen molar-refractivity contribution < 1.29 is 9.59 Å². The minimum atomic E-state index is -0.991. The first-order valence-corrected chi connectivity index (χ1v) is 10.8. The van der Waals surface area contributed by atoms with Crippen LogP contribution in [0.4, 0.5) is 4.79 Å². The quantitative estimate of drug-likeness (QED) is 0.795. The first-order chi connectivity index (χ1) is 14.5. The predicted molar refractivity (Wildman–Crippen MR) is 117 cm³/mol. The zero-order valence-electron chi connectivity index (χ0n) is 17.4. The lowest BCUT2D eigenvalue weighted by Crippen LogP contribution is -2.44. The van der Waals surface area contributed by atoms with Crippen LogP contribution in [0.25, 0.3) is 5.57 Å². The highest BCUT2D eigenvalue weighted by atomic mass is 16.2. The monoisotopic (exact) mass is 401 g/mol. The Bertz CT molecular complexity index is 1030. The summed E-state index contributed by atoms with van der Waals surface area (Å²) in [6.07, 6.45) is 6.43. The lowest BCUT2D eigenvalue weighted by molar-refractivity contribution is -0.132. The van der Waals surface area contributed by atoms with E-state index in [4.69, 9.17) is 0 Å². The van der Waals surface area contributed by atoms with Crippen molar-refractivity contribution in [2.45, 2.75) is 38.1 Å². The molecule has 1 saturated heterocycles. The van der Waals surface area contributed by atoms with Gasteiger partial charge >= 0.3 is 6.03 Å². The van der Waals surface area contributed by atoms with E-state index >= 15 is 0 Å². The van der Waals surface area contributed by atoms with Crippen molar-refractivity contribution in [1.29, 1.82) is 0 Å². The SMILES string of the molecule is CC1(c2ccc3c(c2)CCC3)NC(=O)N(CN2CC=C(c3ccccc3)CC2)C1=O. The third-order valence-corrected chi connectivity index (χ3v) is 6.73. The molecule has 2 aromatic carbocycles. The summed E-state index contributed by atoms with van der Waals surface area (Å²) in [6, 6.07) is 16.3. The molecule has 0 aromatic heterocycles. The lowest BCUT2D eigenvalue weighted by atomic mass is 9.90. The zero-order chi connectivity index (χ0) is 20.7. The number of urea groups is 1. The third-order valence-electron chi connectivity index (χ3n) is 6.73. The van der Waals surface area contributed by atoms with Crippen LogP contribution in [0.1, 0.15) is 42.0 Å². The highest BCUT2D eigenvalue weighted by Crippen LogP contribution is 2.33. The van der Waals surface area contributed by atoms with Gasteiger partial charge in [-0.1, -0.05) is 54.6 Å². The Kier molecular flexibility index (Phi) is 4.70. The highest BCUT2D eigenvalue weighted by molar-refractivity contribution is 6.07. The van der Waals surface area contributed by atoms with Crippen molar-refractivity contribution >= 4 is 17.5 Å². The Morgan fingerprint density at radius 3 is 2.57 bits per heavy atom. The van der Waals surface area contributed by atoms with Crippen molar-refractivity contribution in [3.8, 4) is 0 Å². The maximum absolute atomic E-state index is 13.3. The average molecular weight is 402 g/mol. The van der Waals surface area contributed by atoms with Crippen molar-refractivity contribution in [2.75, 3.05) is 19.8 Å². The molecular formula is C25H27N3O2. The summed E-state index contributed by atoms with van der Waals surface area (Å²) in [5.74, 6) is -0.164. The predicted octanol–water partition coefficient (Wildman–Crippen LogP) is 3.69. The van der Waals surface area contributed by atoms with Gasteiger partial charge in [0.2, 0.25) is 0 Å². The van der Waals surface area contributed by atoms with Gasteiger partial charge in [-0.2, -0.15) is 0 Å². The number of nitrogens with one attached hydrogen (secondary N) is 1. The van der Waals surface area contributed by atoms with Gasteiger partial charge in [0.15, 0.2) is 0 Å². The third kappa shape index (κ3) is 3.23. The first kappa shape index (κ1) is 19.1. The van der Waals surface area contributed by atoms with Crippen molar-refractivity contribution in [3.05, 3.63) is 76.9 Å². The van der Waals surface area contributed by atoms with E-state index in [2.05, 4.69) is 52.7 Å². The van der Waals surface area contributed by atoms with Crippen molar-refractivity contribution in [3.63, 3.8) is 0 Å². The molecule has 5 heteroatoms. The van der Waals surface area contributed by atoms with Gasteiger partial charge in [-0.15, -0.1) is 0 Å². The van der Waals surface area contributed by atoms with Crippen molar-refractivity contribution in [1.82, 2.24) is 15.1 Å². The van der Waals surface area contributed by atoms with Gasteiger partial charge in [-0.25, -0.2) is 9.69 Å². The lowest BCUT2D eigenvalue weighted by Gasteiger charge is -2.30. The number of hydrogen-bond donors (Lipinski definition) is 1. The molecule has 2 aromatic rings. The van der Waals surface area contributed by atoms with E-state index < -0.39 is 5.54 Å². The molecule has 1 atom stereocenters. The summed E-state index contributed by atoms with van der Waals surface area (Å²) in [7, 11) is 0. The fourth-order valence-corrected chi connectivity index (χ4v) is 4.86. The molecular weight excluding hydrogens is 374 g/mol. The Morgan fingerprint density at radius 1 is 1.00 bits per heavy atom. The van der Waals surface area contributed by atoms with Gasteiger partial charge in [0.05, 0.1) is 6.67 Å². The van der Waals surface area contributed by atoms with Gasteiger partial charge in [-0.3, -0.25) is 9.69 Å². The molecule has 1 aliphatic carbocycles. The number of aryl methyl sites for hydroxylation is 2. The standard InChI is InChI=1S/C25H27N3O2/c1-25(22-11-10-19-8-5-9-21(19)16-22)23(29)28(24(30)26-25)17-27-14-12-20(13-15-27)18-6-3-2-4-7-18/h2-4,6-7,10-12,16H,5,8-9,13-15,17H2,1H3,(H,26,30). The molecule has 5 rings (SSSR count). The molecule has 3 amide bonds. The molecule has 154 valence electrons. The largest absolute Gasteiger partial charge is 0.326 e. The minimum Gasteiger partial charge on any atom is -0.319 e. The van der Waals surface area contributed by atoms with Gasteiger partial charge in [0, 0.05) is 13.1 Å². The van der Waals surface area contributed by atoms with E-state index in [1.165, 1.54) is 27.2 Å². The van der Waals surface area contributed by atoms with Crippen molar-refractivity contribution in [2.24, 2.45) is 0 Å². The summed E-state index contributed by atoms with van der Waals surface area (Å²) >= 11 is 0. The van der Waals surface area contributed by atoms with Crippen LogP contribution in [-0.2, 0) is 23.2 Å². The topological polar surface area (TPSA) is 52.7 Å². The molecule has 5 nitrogen and oxygen atoms in total. The summed E-state index contributed by atoms with van der Waals surface area (Å²) in [5.41, 5.74) is 5.14. The van der Waals surface area contributed by atoms with E-state index in [9.17, 15) is 9.59 Å². The number of benzene rings is 2. The molecule has 1 N–H and O–H groups in total. The Morgan fingerprint density at radius 2 is 1.80 bits per heavy atom. The van der Waals surface area contributed by atoms with Gasteiger partial charge in [0.1, 0.15) is 5.54 Å². The summed E-state index contributed by atoms with van der Waals surface area (Å²) < 4.78 is 0. The second-order valence-corrected chi connectivity index (χ2v) is 8.69. The van der Waals surface area contributed by atoms with Crippen LogP contribution in [0, 0.1) is 0 Å². The van der Waals surface area contributed by atoms with Gasteiger partial charge in [0.25, 0.3) is 5.91 Å². The van der Waals surface area contributed by atoms with Crippen LogP contribution in [-0.4, -0.2) is 41.5 Å². The van der Waals surface area contributed by atoms with E-state index in [0.29, 0.717) is 6.67 Å². The molecule has 0 bridgehead atoms.